The zero-order valence-electron chi connectivity index (χ0n) is 14.1. The summed E-state index contributed by atoms with van der Waals surface area (Å²) in [5.74, 6) is -0.657. The molecule has 0 bridgehead atoms. The maximum Gasteiger partial charge on any atom is 0.263 e. The highest BCUT2D eigenvalue weighted by Crippen LogP contribution is 2.29. The second-order valence-corrected chi connectivity index (χ2v) is 7.85. The van der Waals surface area contributed by atoms with Crippen LogP contribution in [0.2, 0.25) is 5.02 Å². The van der Waals surface area contributed by atoms with Crippen LogP contribution in [0.4, 0.5) is 5.69 Å². The van der Waals surface area contributed by atoms with Crippen LogP contribution in [-0.4, -0.2) is 23.3 Å². The number of nitrogens with zero attached hydrogens (tertiary/aromatic N) is 1. The number of halogens is 1. The van der Waals surface area contributed by atoms with Crippen LogP contribution in [0.1, 0.15) is 20.9 Å². The first-order chi connectivity index (χ1) is 12.4. The third-order valence-corrected chi connectivity index (χ3v) is 5.78. The molecule has 2 heterocycles. The minimum atomic E-state index is -0.343. The number of thiazole rings is 1. The molecule has 5 nitrogen and oxygen atoms in total. The summed E-state index contributed by atoms with van der Waals surface area (Å²) in [6, 6.07) is 7.32. The SMILES string of the molecule is Cc1ccc(NC(=O)CNC(=O)c2sc(-c3ccsc3)nc2C)c(Cl)c1. The highest BCUT2D eigenvalue weighted by molar-refractivity contribution is 7.17. The smallest absolute Gasteiger partial charge is 0.263 e. The number of thiophene rings is 1. The summed E-state index contributed by atoms with van der Waals surface area (Å²) in [4.78, 5) is 29.4. The summed E-state index contributed by atoms with van der Waals surface area (Å²) < 4.78 is 0. The highest BCUT2D eigenvalue weighted by Gasteiger charge is 2.17. The first kappa shape index (κ1) is 18.6. The molecule has 3 aromatic rings. The van der Waals surface area contributed by atoms with E-state index in [4.69, 9.17) is 11.6 Å². The number of hydrogen-bond acceptors (Lipinski definition) is 5. The van der Waals surface area contributed by atoms with Crippen molar-refractivity contribution in [2.75, 3.05) is 11.9 Å². The molecule has 8 heteroatoms. The van der Waals surface area contributed by atoms with Crippen LogP contribution in [-0.2, 0) is 4.79 Å². The molecular formula is C18H16ClN3O2S2. The molecule has 0 radical (unpaired) electrons. The quantitative estimate of drug-likeness (QED) is 0.656. The van der Waals surface area contributed by atoms with Gasteiger partial charge in [-0.25, -0.2) is 4.98 Å². The number of aryl methyl sites for hydroxylation is 2. The van der Waals surface area contributed by atoms with Crippen molar-refractivity contribution < 1.29 is 9.59 Å². The van der Waals surface area contributed by atoms with Crippen molar-refractivity contribution in [1.82, 2.24) is 10.3 Å². The summed E-state index contributed by atoms with van der Waals surface area (Å²) >= 11 is 8.99. The van der Waals surface area contributed by atoms with Gasteiger partial charge < -0.3 is 10.6 Å². The van der Waals surface area contributed by atoms with Gasteiger partial charge in [-0.05, 0) is 43.0 Å². The predicted octanol–water partition coefficient (Wildman–Crippen LogP) is 4.51. The molecule has 0 aliphatic heterocycles. The van der Waals surface area contributed by atoms with Gasteiger partial charge in [-0.1, -0.05) is 17.7 Å². The van der Waals surface area contributed by atoms with Crippen molar-refractivity contribution in [2.45, 2.75) is 13.8 Å². The van der Waals surface area contributed by atoms with Crippen molar-refractivity contribution in [3.8, 4) is 10.6 Å². The maximum atomic E-state index is 12.4. The Balaban J connectivity index is 1.61. The fraction of sp³-hybridized carbons (Fsp3) is 0.167. The van der Waals surface area contributed by atoms with Gasteiger partial charge in [0.15, 0.2) is 0 Å². The van der Waals surface area contributed by atoms with E-state index in [1.165, 1.54) is 11.3 Å². The molecule has 0 spiro atoms. The molecule has 0 atom stereocenters. The molecule has 26 heavy (non-hydrogen) atoms. The van der Waals surface area contributed by atoms with Crippen molar-refractivity contribution >= 4 is 51.8 Å². The highest BCUT2D eigenvalue weighted by atomic mass is 35.5. The molecule has 0 aliphatic rings. The van der Waals surface area contributed by atoms with E-state index < -0.39 is 0 Å². The van der Waals surface area contributed by atoms with E-state index in [-0.39, 0.29) is 18.4 Å². The lowest BCUT2D eigenvalue weighted by Crippen LogP contribution is -2.32. The van der Waals surface area contributed by atoms with E-state index in [9.17, 15) is 9.59 Å². The molecule has 2 aromatic heterocycles. The number of carbonyl (C=O) groups is 2. The Kier molecular flexibility index (Phi) is 5.70. The van der Waals surface area contributed by atoms with E-state index in [0.29, 0.717) is 21.3 Å². The number of rotatable bonds is 5. The molecule has 2 amide bonds. The number of benzene rings is 1. The van der Waals surface area contributed by atoms with Crippen molar-refractivity contribution in [3.05, 3.63) is 56.2 Å². The average molecular weight is 406 g/mol. The number of amides is 2. The van der Waals surface area contributed by atoms with Crippen LogP contribution in [0, 0.1) is 13.8 Å². The molecule has 0 aliphatic carbocycles. The second kappa shape index (κ2) is 7.99. The Morgan fingerprint density at radius 3 is 2.73 bits per heavy atom. The van der Waals surface area contributed by atoms with Gasteiger partial charge in [0.05, 0.1) is 22.9 Å². The van der Waals surface area contributed by atoms with E-state index >= 15 is 0 Å². The second-order valence-electron chi connectivity index (χ2n) is 5.66. The number of carbonyl (C=O) groups excluding carboxylic acids is 2. The van der Waals surface area contributed by atoms with Gasteiger partial charge in [-0.2, -0.15) is 11.3 Å². The van der Waals surface area contributed by atoms with E-state index in [0.717, 1.165) is 16.1 Å². The largest absolute Gasteiger partial charge is 0.342 e. The Morgan fingerprint density at radius 2 is 2.04 bits per heavy atom. The molecule has 0 fully saturated rings. The monoisotopic (exact) mass is 405 g/mol. The third kappa shape index (κ3) is 4.30. The molecule has 134 valence electrons. The number of hydrogen-bond donors (Lipinski definition) is 2. The Bertz CT molecular complexity index is 952. The van der Waals surface area contributed by atoms with Gasteiger partial charge >= 0.3 is 0 Å². The minimum absolute atomic E-state index is 0.145. The van der Waals surface area contributed by atoms with E-state index in [2.05, 4.69) is 15.6 Å². The van der Waals surface area contributed by atoms with Gasteiger partial charge in [-0.3, -0.25) is 9.59 Å². The van der Waals surface area contributed by atoms with Crippen LogP contribution in [0.3, 0.4) is 0 Å². The molecule has 0 saturated carbocycles. The van der Waals surface area contributed by atoms with Gasteiger partial charge in [0.2, 0.25) is 5.91 Å². The zero-order chi connectivity index (χ0) is 18.7. The number of anilines is 1. The summed E-state index contributed by atoms with van der Waals surface area (Å²) in [5, 5.41) is 10.5. The number of aromatic nitrogens is 1. The van der Waals surface area contributed by atoms with Crippen molar-refractivity contribution in [1.29, 1.82) is 0 Å². The van der Waals surface area contributed by atoms with Gasteiger partial charge in [-0.15, -0.1) is 11.3 Å². The zero-order valence-corrected chi connectivity index (χ0v) is 16.5. The fourth-order valence-corrected chi connectivity index (χ4v) is 4.25. The van der Waals surface area contributed by atoms with Crippen LogP contribution >= 0.6 is 34.3 Å². The Morgan fingerprint density at radius 1 is 1.23 bits per heavy atom. The number of nitrogens with one attached hydrogen (secondary N) is 2. The van der Waals surface area contributed by atoms with Crippen LogP contribution < -0.4 is 10.6 Å². The van der Waals surface area contributed by atoms with Crippen LogP contribution in [0.25, 0.3) is 10.6 Å². The molecule has 1 aromatic carbocycles. The van der Waals surface area contributed by atoms with Crippen molar-refractivity contribution in [2.24, 2.45) is 0 Å². The maximum absolute atomic E-state index is 12.4. The minimum Gasteiger partial charge on any atom is -0.342 e. The summed E-state index contributed by atoms with van der Waals surface area (Å²) in [7, 11) is 0. The third-order valence-electron chi connectivity index (χ3n) is 3.58. The summed E-state index contributed by atoms with van der Waals surface area (Å²) in [6.45, 7) is 3.56. The fourth-order valence-electron chi connectivity index (χ4n) is 2.27. The Hall–Kier alpha value is -2.22. The average Bonchev–Trinajstić information content (AvgIpc) is 3.24. The molecular weight excluding hydrogens is 390 g/mol. The van der Waals surface area contributed by atoms with E-state index in [1.807, 2.05) is 29.8 Å². The molecule has 2 N–H and O–H groups in total. The predicted molar refractivity (Wildman–Crippen MR) is 107 cm³/mol. The molecule has 0 saturated heterocycles. The molecule has 0 unspecified atom stereocenters. The standard InChI is InChI=1S/C18H16ClN3O2S2/c1-10-3-4-14(13(19)7-10)22-15(23)8-20-17(24)16-11(2)21-18(26-16)12-5-6-25-9-12/h3-7,9H,8H2,1-2H3,(H,20,24)(H,22,23). The normalized spacial score (nSPS) is 10.6. The van der Waals surface area contributed by atoms with Gasteiger partial charge in [0, 0.05) is 10.9 Å². The topological polar surface area (TPSA) is 71.1 Å². The first-order valence-corrected chi connectivity index (χ1v) is 9.92. The Labute approximate surface area is 164 Å². The summed E-state index contributed by atoms with van der Waals surface area (Å²) in [5.41, 5.74) is 3.17. The van der Waals surface area contributed by atoms with Crippen LogP contribution in [0.15, 0.2) is 35.0 Å². The summed E-state index contributed by atoms with van der Waals surface area (Å²) in [6.07, 6.45) is 0. The van der Waals surface area contributed by atoms with Gasteiger partial charge in [0.25, 0.3) is 5.91 Å². The molecule has 3 rings (SSSR count). The lowest BCUT2D eigenvalue weighted by molar-refractivity contribution is -0.115. The lowest BCUT2D eigenvalue weighted by atomic mass is 10.2. The van der Waals surface area contributed by atoms with Crippen LogP contribution in [0.5, 0.6) is 0 Å². The van der Waals surface area contributed by atoms with Gasteiger partial charge in [0.1, 0.15) is 9.88 Å². The van der Waals surface area contributed by atoms with Crippen molar-refractivity contribution in [3.63, 3.8) is 0 Å². The first-order valence-electron chi connectivity index (χ1n) is 7.78. The lowest BCUT2D eigenvalue weighted by Gasteiger charge is -2.08. The van der Waals surface area contributed by atoms with E-state index in [1.54, 1.807) is 30.4 Å².